The largest absolute Gasteiger partial charge is 0.343 e. The lowest BCUT2D eigenvalue weighted by Crippen LogP contribution is -2.66. The van der Waals surface area contributed by atoms with Gasteiger partial charge in [0.05, 0.1) is 4.90 Å². The number of sulfonamides is 1. The first-order valence-corrected chi connectivity index (χ1v) is 9.53. The highest BCUT2D eigenvalue weighted by Crippen LogP contribution is 2.23. The molecule has 0 bridgehead atoms. The van der Waals surface area contributed by atoms with Crippen LogP contribution in [0.15, 0.2) is 29.2 Å². The van der Waals surface area contributed by atoms with E-state index in [4.69, 9.17) is 11.6 Å². The molecule has 3 rings (SSSR count). The van der Waals surface area contributed by atoms with Crippen LogP contribution in [0.3, 0.4) is 0 Å². The van der Waals surface area contributed by atoms with E-state index in [9.17, 15) is 18.0 Å². The molecule has 9 heteroatoms. The summed E-state index contributed by atoms with van der Waals surface area (Å²) in [5, 5.41) is 3.08. The molecular formula is C15H18ClN3O4S. The molecule has 0 radical (unpaired) electrons. The van der Waals surface area contributed by atoms with Crippen molar-refractivity contribution in [3.8, 4) is 0 Å². The van der Waals surface area contributed by atoms with Crippen LogP contribution in [0.5, 0.6) is 0 Å². The summed E-state index contributed by atoms with van der Waals surface area (Å²) < 4.78 is 27.5. The van der Waals surface area contributed by atoms with Crippen LogP contribution in [0, 0.1) is 0 Å². The van der Waals surface area contributed by atoms with E-state index in [1.807, 2.05) is 0 Å². The smallest absolute Gasteiger partial charge is 0.245 e. The molecular weight excluding hydrogens is 354 g/mol. The Hall–Kier alpha value is -1.64. The molecule has 130 valence electrons. The van der Waals surface area contributed by atoms with Gasteiger partial charge in [-0.1, -0.05) is 11.6 Å². The number of rotatable bonds is 3. The first-order chi connectivity index (χ1) is 11.3. The zero-order chi connectivity index (χ0) is 17.5. The van der Waals surface area contributed by atoms with E-state index >= 15 is 0 Å². The molecule has 3 unspecified atom stereocenters. The Balaban J connectivity index is 1.72. The number of hydrogen-bond acceptors (Lipinski definition) is 4. The highest BCUT2D eigenvalue weighted by molar-refractivity contribution is 7.89. The summed E-state index contributed by atoms with van der Waals surface area (Å²) in [6.45, 7) is 2.00. The maximum absolute atomic E-state index is 12.4. The number of amides is 2. The normalized spacial score (nSPS) is 27.6. The third-order valence-electron chi connectivity index (χ3n) is 4.36. The van der Waals surface area contributed by atoms with Crippen molar-refractivity contribution in [1.82, 2.24) is 14.9 Å². The predicted molar refractivity (Wildman–Crippen MR) is 87.9 cm³/mol. The van der Waals surface area contributed by atoms with Crippen molar-refractivity contribution in [1.29, 1.82) is 0 Å². The van der Waals surface area contributed by atoms with Gasteiger partial charge in [0, 0.05) is 17.6 Å². The second-order valence-electron chi connectivity index (χ2n) is 6.07. The summed E-state index contributed by atoms with van der Waals surface area (Å²) in [5.41, 5.74) is 0. The SMILES string of the molecule is CC1NC(=O)C2CC(NS(=O)(=O)c3ccc(Cl)cc3)CCN2C1=O. The van der Waals surface area contributed by atoms with Gasteiger partial charge < -0.3 is 10.2 Å². The van der Waals surface area contributed by atoms with E-state index in [1.165, 1.54) is 29.2 Å². The van der Waals surface area contributed by atoms with Crippen LogP contribution in [-0.2, 0) is 19.6 Å². The Morgan fingerprint density at radius 1 is 1.25 bits per heavy atom. The zero-order valence-electron chi connectivity index (χ0n) is 13.0. The Labute approximate surface area is 145 Å². The number of nitrogens with zero attached hydrogens (tertiary/aromatic N) is 1. The third-order valence-corrected chi connectivity index (χ3v) is 6.15. The van der Waals surface area contributed by atoms with E-state index in [1.54, 1.807) is 6.92 Å². The fourth-order valence-electron chi connectivity index (χ4n) is 3.11. The van der Waals surface area contributed by atoms with Crippen LogP contribution >= 0.6 is 11.6 Å². The lowest BCUT2D eigenvalue weighted by Gasteiger charge is -2.43. The van der Waals surface area contributed by atoms with Crippen molar-refractivity contribution in [3.63, 3.8) is 0 Å². The van der Waals surface area contributed by atoms with Crippen LogP contribution in [0.25, 0.3) is 0 Å². The van der Waals surface area contributed by atoms with Gasteiger partial charge in [-0.2, -0.15) is 0 Å². The minimum Gasteiger partial charge on any atom is -0.343 e. The first-order valence-electron chi connectivity index (χ1n) is 7.67. The number of piperazine rings is 1. The van der Waals surface area contributed by atoms with Crippen molar-refractivity contribution in [2.24, 2.45) is 0 Å². The number of benzene rings is 1. The van der Waals surface area contributed by atoms with Crippen LogP contribution in [0.2, 0.25) is 5.02 Å². The Morgan fingerprint density at radius 3 is 2.58 bits per heavy atom. The molecule has 2 aliphatic rings. The minimum atomic E-state index is -3.70. The quantitative estimate of drug-likeness (QED) is 0.808. The number of nitrogens with one attached hydrogen (secondary N) is 2. The standard InChI is InChI=1S/C15H18ClN3O4S/c1-9-15(21)19-7-6-11(8-13(19)14(20)17-9)18-24(22,23)12-4-2-10(16)3-5-12/h2-5,9,11,13,18H,6-8H2,1H3,(H,17,20). The molecule has 24 heavy (non-hydrogen) atoms. The van der Waals surface area contributed by atoms with Crippen molar-refractivity contribution >= 4 is 33.4 Å². The second kappa shape index (κ2) is 6.34. The lowest BCUT2D eigenvalue weighted by molar-refractivity contribution is -0.151. The summed E-state index contributed by atoms with van der Waals surface area (Å²) >= 11 is 5.77. The fourth-order valence-corrected chi connectivity index (χ4v) is 4.52. The average molecular weight is 372 g/mol. The third kappa shape index (κ3) is 3.26. The van der Waals surface area contributed by atoms with Crippen LogP contribution in [0.1, 0.15) is 19.8 Å². The summed E-state index contributed by atoms with van der Waals surface area (Å²) in [7, 11) is -3.70. The first kappa shape index (κ1) is 17.2. The van der Waals surface area contributed by atoms with E-state index in [0.29, 0.717) is 18.0 Å². The molecule has 2 fully saturated rings. The molecule has 0 aromatic heterocycles. The highest BCUT2D eigenvalue weighted by atomic mass is 35.5. The molecule has 1 aromatic carbocycles. The molecule has 2 N–H and O–H groups in total. The van der Waals surface area contributed by atoms with E-state index in [-0.39, 0.29) is 23.1 Å². The van der Waals surface area contributed by atoms with Gasteiger partial charge in [-0.15, -0.1) is 0 Å². The minimum absolute atomic E-state index is 0.118. The lowest BCUT2D eigenvalue weighted by atomic mass is 9.94. The maximum Gasteiger partial charge on any atom is 0.245 e. The number of piperidine rings is 1. The molecule has 1 aromatic rings. The Morgan fingerprint density at radius 2 is 1.92 bits per heavy atom. The monoisotopic (exact) mass is 371 g/mol. The molecule has 2 aliphatic heterocycles. The number of carbonyl (C=O) groups excluding carboxylic acids is 2. The maximum atomic E-state index is 12.4. The predicted octanol–water partition coefficient (Wildman–Crippen LogP) is 0.496. The van der Waals surface area contributed by atoms with E-state index in [0.717, 1.165) is 0 Å². The Kier molecular flexibility index (Phi) is 4.54. The van der Waals surface area contributed by atoms with Crippen molar-refractivity contribution in [2.45, 2.75) is 42.8 Å². The van der Waals surface area contributed by atoms with Crippen LogP contribution in [0.4, 0.5) is 0 Å². The van der Waals surface area contributed by atoms with Gasteiger partial charge in [-0.3, -0.25) is 9.59 Å². The van der Waals surface area contributed by atoms with Gasteiger partial charge in [0.1, 0.15) is 12.1 Å². The molecule has 2 amide bonds. The molecule has 0 aliphatic carbocycles. The van der Waals surface area contributed by atoms with Gasteiger partial charge in [-0.05, 0) is 44.0 Å². The second-order valence-corrected chi connectivity index (χ2v) is 8.22. The van der Waals surface area contributed by atoms with E-state index < -0.39 is 28.1 Å². The molecule has 7 nitrogen and oxygen atoms in total. The summed E-state index contributed by atoms with van der Waals surface area (Å²) in [5.74, 6) is -0.365. The molecule has 0 saturated carbocycles. The average Bonchev–Trinajstić information content (AvgIpc) is 2.53. The summed E-state index contributed by atoms with van der Waals surface area (Å²) in [6.07, 6.45) is 0.728. The Bertz CT molecular complexity index is 765. The molecule has 0 spiro atoms. The van der Waals surface area contributed by atoms with Gasteiger partial charge in [0.15, 0.2) is 0 Å². The van der Waals surface area contributed by atoms with E-state index in [2.05, 4.69) is 10.0 Å². The number of halogens is 1. The van der Waals surface area contributed by atoms with Crippen LogP contribution in [-0.4, -0.2) is 49.8 Å². The molecule has 2 saturated heterocycles. The van der Waals surface area contributed by atoms with Crippen molar-refractivity contribution < 1.29 is 18.0 Å². The van der Waals surface area contributed by atoms with Crippen molar-refractivity contribution in [3.05, 3.63) is 29.3 Å². The fraction of sp³-hybridized carbons (Fsp3) is 0.467. The van der Waals surface area contributed by atoms with Gasteiger partial charge in [-0.25, -0.2) is 13.1 Å². The van der Waals surface area contributed by atoms with Gasteiger partial charge >= 0.3 is 0 Å². The molecule has 2 heterocycles. The number of hydrogen-bond donors (Lipinski definition) is 2. The van der Waals surface area contributed by atoms with Gasteiger partial charge in [0.2, 0.25) is 21.8 Å². The highest BCUT2D eigenvalue weighted by Gasteiger charge is 2.43. The zero-order valence-corrected chi connectivity index (χ0v) is 14.6. The van der Waals surface area contributed by atoms with Crippen LogP contribution < -0.4 is 10.0 Å². The topological polar surface area (TPSA) is 95.6 Å². The van der Waals surface area contributed by atoms with Gasteiger partial charge in [0.25, 0.3) is 0 Å². The number of fused-ring (bicyclic) bond motifs is 1. The summed E-state index contributed by atoms with van der Waals surface area (Å²) in [6, 6.07) is 4.31. The molecule has 3 atom stereocenters. The van der Waals surface area contributed by atoms with Crippen molar-refractivity contribution in [2.75, 3.05) is 6.54 Å². The number of carbonyl (C=O) groups is 2. The summed E-state index contributed by atoms with van der Waals surface area (Å²) in [4.78, 5) is 25.9.